The zero-order valence-corrected chi connectivity index (χ0v) is 6.01. The van der Waals surface area contributed by atoms with E-state index >= 15 is 0 Å². The minimum absolute atomic E-state index is 0.524. The van der Waals surface area contributed by atoms with Gasteiger partial charge in [0.1, 0.15) is 6.26 Å². The van der Waals surface area contributed by atoms with Crippen LogP contribution in [0.25, 0.3) is 12.2 Å². The van der Waals surface area contributed by atoms with Gasteiger partial charge in [-0.1, -0.05) is 5.16 Å². The molecule has 0 radical (unpaired) electrons. The third-order valence-electron chi connectivity index (χ3n) is 1.24. The summed E-state index contributed by atoms with van der Waals surface area (Å²) in [7, 11) is 0. The fraction of sp³-hybridized carbons (Fsp3) is 0. The second-order valence-electron chi connectivity index (χ2n) is 2.06. The molecule has 0 saturated carbocycles. The first-order chi connectivity index (χ1) is 5.95. The molecule has 0 fully saturated rings. The topological polar surface area (TPSA) is 80.5 Å². The predicted molar refractivity (Wildman–Crippen MR) is 39.6 cm³/mol. The SMILES string of the molecule is C(=Cc1nn[nH]n1)c1cnoc1. The molecule has 60 valence electrons. The Hall–Kier alpha value is -1.98. The molecule has 12 heavy (non-hydrogen) atoms. The van der Waals surface area contributed by atoms with Crippen molar-refractivity contribution in [1.82, 2.24) is 25.8 Å². The molecule has 0 atom stereocenters. The minimum Gasteiger partial charge on any atom is -0.364 e. The van der Waals surface area contributed by atoms with Crippen LogP contribution >= 0.6 is 0 Å². The molecular weight excluding hydrogens is 158 g/mol. The first-order valence-corrected chi connectivity index (χ1v) is 3.26. The maximum absolute atomic E-state index is 4.62. The molecule has 2 aromatic heterocycles. The van der Waals surface area contributed by atoms with Gasteiger partial charge in [0.25, 0.3) is 0 Å². The molecule has 0 aromatic carbocycles. The van der Waals surface area contributed by atoms with Crippen LogP contribution in [0.2, 0.25) is 0 Å². The molecule has 6 nitrogen and oxygen atoms in total. The quantitative estimate of drug-likeness (QED) is 0.691. The molecule has 2 rings (SSSR count). The Bertz CT molecular complexity index is 313. The Morgan fingerprint density at radius 2 is 2.42 bits per heavy atom. The van der Waals surface area contributed by atoms with Crippen LogP contribution in [0.4, 0.5) is 0 Å². The van der Waals surface area contributed by atoms with Gasteiger partial charge in [0.15, 0.2) is 5.82 Å². The van der Waals surface area contributed by atoms with Gasteiger partial charge < -0.3 is 4.52 Å². The molecule has 0 unspecified atom stereocenters. The highest BCUT2D eigenvalue weighted by atomic mass is 16.5. The van der Waals surface area contributed by atoms with Crippen molar-refractivity contribution in [3.8, 4) is 0 Å². The number of hydrogen-bond acceptors (Lipinski definition) is 5. The highest BCUT2D eigenvalue weighted by Crippen LogP contribution is 2.01. The number of nitrogens with one attached hydrogen (secondary N) is 1. The fourth-order valence-electron chi connectivity index (χ4n) is 0.706. The summed E-state index contributed by atoms with van der Waals surface area (Å²) in [6, 6.07) is 0. The lowest BCUT2D eigenvalue weighted by Crippen LogP contribution is -1.73. The third-order valence-corrected chi connectivity index (χ3v) is 1.24. The standard InChI is InChI=1S/C6H5N5O/c1(5-3-7-12-4-5)2-6-8-10-11-9-6/h1-4H,(H,8,9,10,11). The maximum Gasteiger partial charge on any atom is 0.197 e. The lowest BCUT2D eigenvalue weighted by molar-refractivity contribution is 0.419. The minimum atomic E-state index is 0.524. The van der Waals surface area contributed by atoms with Crippen molar-refractivity contribution in [1.29, 1.82) is 0 Å². The summed E-state index contributed by atoms with van der Waals surface area (Å²) in [6.07, 6.45) is 6.60. The van der Waals surface area contributed by atoms with Crippen LogP contribution in [0.1, 0.15) is 11.4 Å². The van der Waals surface area contributed by atoms with E-state index in [1.165, 1.54) is 6.26 Å². The van der Waals surface area contributed by atoms with Crippen LogP contribution in [0.5, 0.6) is 0 Å². The molecule has 6 heteroatoms. The van der Waals surface area contributed by atoms with Gasteiger partial charge in [-0.3, -0.25) is 0 Å². The third kappa shape index (κ3) is 1.36. The summed E-state index contributed by atoms with van der Waals surface area (Å²) in [5, 5.41) is 16.7. The average Bonchev–Trinajstić information content (AvgIpc) is 2.74. The molecule has 0 bridgehead atoms. The van der Waals surface area contributed by atoms with Gasteiger partial charge in [0.2, 0.25) is 0 Å². The van der Waals surface area contributed by atoms with Crippen molar-refractivity contribution < 1.29 is 4.52 Å². The summed E-state index contributed by atoms with van der Waals surface area (Å²) in [6.45, 7) is 0. The highest BCUT2D eigenvalue weighted by molar-refractivity contribution is 5.64. The van der Waals surface area contributed by atoms with Gasteiger partial charge in [-0.05, 0) is 17.4 Å². The summed E-state index contributed by atoms with van der Waals surface area (Å²) in [5.74, 6) is 0.524. The Morgan fingerprint density at radius 3 is 3.08 bits per heavy atom. The second-order valence-corrected chi connectivity index (χ2v) is 2.06. The molecule has 0 spiro atoms. The lowest BCUT2D eigenvalue weighted by atomic mass is 10.3. The highest BCUT2D eigenvalue weighted by Gasteiger charge is 1.91. The van der Waals surface area contributed by atoms with Gasteiger partial charge in [-0.25, -0.2) is 0 Å². The zero-order valence-electron chi connectivity index (χ0n) is 6.01. The number of hydrogen-bond donors (Lipinski definition) is 1. The van der Waals surface area contributed by atoms with Crippen molar-refractivity contribution in [2.24, 2.45) is 0 Å². The number of nitrogens with zero attached hydrogens (tertiary/aromatic N) is 4. The van der Waals surface area contributed by atoms with E-state index in [4.69, 9.17) is 0 Å². The van der Waals surface area contributed by atoms with Crippen LogP contribution in [0.3, 0.4) is 0 Å². The molecule has 0 aliphatic rings. The lowest BCUT2D eigenvalue weighted by Gasteiger charge is -1.76. The van der Waals surface area contributed by atoms with E-state index in [0.29, 0.717) is 5.82 Å². The summed E-state index contributed by atoms with van der Waals surface area (Å²) < 4.78 is 4.62. The Balaban J connectivity index is 2.14. The largest absolute Gasteiger partial charge is 0.364 e. The van der Waals surface area contributed by atoms with E-state index < -0.39 is 0 Å². The molecule has 0 aliphatic carbocycles. The molecule has 2 aromatic rings. The summed E-state index contributed by atoms with van der Waals surface area (Å²) in [4.78, 5) is 0. The van der Waals surface area contributed by atoms with Gasteiger partial charge in [0, 0.05) is 5.56 Å². The molecule has 1 N–H and O–H groups in total. The first-order valence-electron chi connectivity index (χ1n) is 3.26. The van der Waals surface area contributed by atoms with E-state index in [-0.39, 0.29) is 0 Å². The Labute approximate surface area is 67.3 Å². The van der Waals surface area contributed by atoms with E-state index in [1.54, 1.807) is 18.3 Å². The predicted octanol–water partition coefficient (Wildman–Crippen LogP) is 0.358. The monoisotopic (exact) mass is 163 g/mol. The number of tetrazole rings is 1. The fourth-order valence-corrected chi connectivity index (χ4v) is 0.706. The van der Waals surface area contributed by atoms with Crippen LogP contribution in [0.15, 0.2) is 17.0 Å². The average molecular weight is 163 g/mol. The molecular formula is C6H5N5O. The van der Waals surface area contributed by atoms with E-state index in [0.717, 1.165) is 5.56 Å². The normalized spacial score (nSPS) is 11.0. The second kappa shape index (κ2) is 2.95. The van der Waals surface area contributed by atoms with Crippen LogP contribution in [0, 0.1) is 0 Å². The smallest absolute Gasteiger partial charge is 0.197 e. The van der Waals surface area contributed by atoms with Crippen LogP contribution < -0.4 is 0 Å². The Kier molecular flexibility index (Phi) is 1.65. The first kappa shape index (κ1) is 6.71. The van der Waals surface area contributed by atoms with Gasteiger partial charge in [-0.15, -0.1) is 10.2 Å². The molecule has 2 heterocycles. The van der Waals surface area contributed by atoms with Crippen molar-refractivity contribution in [3.05, 3.63) is 23.8 Å². The summed E-state index contributed by atoms with van der Waals surface area (Å²) in [5.41, 5.74) is 0.861. The Morgan fingerprint density at radius 1 is 1.42 bits per heavy atom. The number of H-pyrrole nitrogens is 1. The van der Waals surface area contributed by atoms with Gasteiger partial charge in [0.05, 0.1) is 6.20 Å². The number of rotatable bonds is 2. The zero-order chi connectivity index (χ0) is 8.23. The van der Waals surface area contributed by atoms with E-state index in [9.17, 15) is 0 Å². The summed E-state index contributed by atoms with van der Waals surface area (Å²) >= 11 is 0. The van der Waals surface area contributed by atoms with Crippen LogP contribution in [-0.4, -0.2) is 25.8 Å². The van der Waals surface area contributed by atoms with Crippen molar-refractivity contribution >= 4 is 12.2 Å². The number of aromatic amines is 1. The van der Waals surface area contributed by atoms with E-state index in [2.05, 4.69) is 30.3 Å². The van der Waals surface area contributed by atoms with Gasteiger partial charge in [-0.2, -0.15) is 5.21 Å². The van der Waals surface area contributed by atoms with Crippen molar-refractivity contribution in [2.75, 3.05) is 0 Å². The van der Waals surface area contributed by atoms with Crippen molar-refractivity contribution in [2.45, 2.75) is 0 Å². The molecule has 0 amide bonds. The maximum atomic E-state index is 4.62. The molecule has 0 saturated heterocycles. The van der Waals surface area contributed by atoms with Crippen molar-refractivity contribution in [3.63, 3.8) is 0 Å². The van der Waals surface area contributed by atoms with E-state index in [1.807, 2.05) is 0 Å². The van der Waals surface area contributed by atoms with Gasteiger partial charge >= 0.3 is 0 Å². The number of aromatic nitrogens is 5. The van der Waals surface area contributed by atoms with Crippen LogP contribution in [-0.2, 0) is 0 Å². The molecule has 0 aliphatic heterocycles.